The second-order valence-electron chi connectivity index (χ2n) is 3.12. The summed E-state index contributed by atoms with van der Waals surface area (Å²) >= 11 is 1.22. The van der Waals surface area contributed by atoms with Crippen molar-refractivity contribution in [2.24, 2.45) is 0 Å². The fourth-order valence-corrected chi connectivity index (χ4v) is 1.52. The van der Waals surface area contributed by atoms with Gasteiger partial charge in [-0.05, 0) is 32.3 Å². The highest BCUT2D eigenvalue weighted by atomic mass is 32.1. The van der Waals surface area contributed by atoms with Gasteiger partial charge < -0.3 is 9.84 Å². The third kappa shape index (κ3) is 3.02. The summed E-state index contributed by atoms with van der Waals surface area (Å²) < 4.78 is 9.03. The maximum Gasteiger partial charge on any atom is 0.115 e. The lowest BCUT2D eigenvalue weighted by Crippen LogP contribution is -2.11. The van der Waals surface area contributed by atoms with Crippen molar-refractivity contribution in [2.45, 2.75) is 33.0 Å². The quantitative estimate of drug-likeness (QED) is 0.799. The molecular formula is C8H14N2O2S. The number of aromatic nitrogens is 2. The Labute approximate surface area is 81.7 Å². The van der Waals surface area contributed by atoms with Crippen LogP contribution in [0.2, 0.25) is 0 Å². The zero-order chi connectivity index (χ0) is 9.84. The zero-order valence-electron chi connectivity index (χ0n) is 8.02. The van der Waals surface area contributed by atoms with Gasteiger partial charge in [-0.3, -0.25) is 0 Å². The van der Waals surface area contributed by atoms with Crippen LogP contribution < -0.4 is 0 Å². The molecule has 13 heavy (non-hydrogen) atoms. The molecule has 1 unspecified atom stereocenters. The molecule has 0 saturated heterocycles. The molecule has 1 rings (SSSR count). The molecule has 0 radical (unpaired) electrons. The van der Waals surface area contributed by atoms with Gasteiger partial charge in [-0.25, -0.2) is 0 Å². The molecule has 0 aliphatic rings. The highest BCUT2D eigenvalue weighted by Gasteiger charge is 2.14. The molecule has 0 spiro atoms. The van der Waals surface area contributed by atoms with E-state index >= 15 is 0 Å². The zero-order valence-corrected chi connectivity index (χ0v) is 8.84. The van der Waals surface area contributed by atoms with Crippen LogP contribution in [0.4, 0.5) is 0 Å². The minimum absolute atomic E-state index is 0.135. The average molecular weight is 202 g/mol. The Morgan fingerprint density at radius 1 is 1.54 bits per heavy atom. The molecule has 1 atom stereocenters. The van der Waals surface area contributed by atoms with Gasteiger partial charge in [-0.15, -0.1) is 5.10 Å². The van der Waals surface area contributed by atoms with Crippen molar-refractivity contribution >= 4 is 11.5 Å². The van der Waals surface area contributed by atoms with Gasteiger partial charge in [0, 0.05) is 0 Å². The fraction of sp³-hybridized carbons (Fsp3) is 0.750. The lowest BCUT2D eigenvalue weighted by molar-refractivity contribution is 0.00603. The Kier molecular flexibility index (Phi) is 3.77. The molecule has 1 aromatic heterocycles. The summed E-state index contributed by atoms with van der Waals surface area (Å²) in [5.41, 5.74) is 0.782. The van der Waals surface area contributed by atoms with Gasteiger partial charge in [-0.2, -0.15) is 0 Å². The molecule has 5 heteroatoms. The van der Waals surface area contributed by atoms with E-state index in [1.165, 1.54) is 11.5 Å². The Morgan fingerprint density at radius 3 is 2.69 bits per heavy atom. The molecule has 1 N–H and O–H groups in total. The van der Waals surface area contributed by atoms with Gasteiger partial charge in [-0.1, -0.05) is 4.49 Å². The second kappa shape index (κ2) is 4.64. The van der Waals surface area contributed by atoms with Gasteiger partial charge in [0.2, 0.25) is 0 Å². The predicted molar refractivity (Wildman–Crippen MR) is 50.7 cm³/mol. The SMILES string of the molecule is Cc1nnsc1C(O)COC(C)C. The summed E-state index contributed by atoms with van der Waals surface area (Å²) in [5.74, 6) is 0. The maximum atomic E-state index is 9.64. The lowest BCUT2D eigenvalue weighted by atomic mass is 10.2. The van der Waals surface area contributed by atoms with E-state index in [1.54, 1.807) is 0 Å². The van der Waals surface area contributed by atoms with Crippen molar-refractivity contribution in [3.05, 3.63) is 10.6 Å². The second-order valence-corrected chi connectivity index (χ2v) is 3.91. The number of aryl methyl sites for hydroxylation is 1. The standard InChI is InChI=1S/C8H14N2O2S/c1-5(2)12-4-7(11)8-6(3)9-10-13-8/h5,7,11H,4H2,1-3H3. The Bertz CT molecular complexity index is 262. The van der Waals surface area contributed by atoms with Gasteiger partial charge in [0.15, 0.2) is 0 Å². The highest BCUT2D eigenvalue weighted by molar-refractivity contribution is 7.05. The smallest absolute Gasteiger partial charge is 0.115 e. The first-order valence-corrected chi connectivity index (χ1v) is 4.97. The van der Waals surface area contributed by atoms with Crippen molar-refractivity contribution < 1.29 is 9.84 Å². The lowest BCUT2D eigenvalue weighted by Gasteiger charge is -2.11. The number of hydrogen-bond donors (Lipinski definition) is 1. The minimum atomic E-state index is -0.595. The van der Waals surface area contributed by atoms with Gasteiger partial charge in [0.05, 0.1) is 23.3 Å². The monoisotopic (exact) mass is 202 g/mol. The summed E-state index contributed by atoms with van der Waals surface area (Å²) in [6, 6.07) is 0. The van der Waals surface area contributed by atoms with Crippen molar-refractivity contribution in [1.82, 2.24) is 9.59 Å². The largest absolute Gasteiger partial charge is 0.385 e. The van der Waals surface area contributed by atoms with Crippen LogP contribution in [-0.2, 0) is 4.74 Å². The molecule has 1 aromatic rings. The molecule has 0 aliphatic carbocycles. The summed E-state index contributed by atoms with van der Waals surface area (Å²) in [5, 5.41) is 13.5. The molecule has 74 valence electrons. The minimum Gasteiger partial charge on any atom is -0.385 e. The van der Waals surface area contributed by atoms with Gasteiger partial charge in [0.1, 0.15) is 6.10 Å². The molecule has 1 heterocycles. The molecule has 0 aliphatic heterocycles. The summed E-state index contributed by atoms with van der Waals surface area (Å²) in [4.78, 5) is 0.792. The number of aliphatic hydroxyl groups excluding tert-OH is 1. The molecular weight excluding hydrogens is 188 g/mol. The Morgan fingerprint density at radius 2 is 2.23 bits per heavy atom. The maximum absolute atomic E-state index is 9.64. The summed E-state index contributed by atoms with van der Waals surface area (Å²) in [6.07, 6.45) is -0.460. The van der Waals surface area contributed by atoms with Crippen LogP contribution in [0.15, 0.2) is 0 Å². The topological polar surface area (TPSA) is 55.2 Å². The number of ether oxygens (including phenoxy) is 1. The number of hydrogen-bond acceptors (Lipinski definition) is 5. The number of nitrogens with zero attached hydrogens (tertiary/aromatic N) is 2. The van der Waals surface area contributed by atoms with E-state index in [9.17, 15) is 5.11 Å². The fourth-order valence-electron chi connectivity index (χ4n) is 0.902. The first kappa shape index (κ1) is 10.6. The van der Waals surface area contributed by atoms with E-state index < -0.39 is 6.10 Å². The van der Waals surface area contributed by atoms with Gasteiger partial charge >= 0.3 is 0 Å². The van der Waals surface area contributed by atoms with E-state index in [2.05, 4.69) is 9.59 Å². The third-order valence-corrected chi connectivity index (χ3v) is 2.50. The van der Waals surface area contributed by atoms with E-state index in [-0.39, 0.29) is 6.10 Å². The summed E-state index contributed by atoms with van der Waals surface area (Å²) in [6.45, 7) is 6.01. The van der Waals surface area contributed by atoms with Gasteiger partial charge in [0.25, 0.3) is 0 Å². The molecule has 4 nitrogen and oxygen atoms in total. The predicted octanol–water partition coefficient (Wildman–Crippen LogP) is 1.30. The van der Waals surface area contributed by atoms with E-state index in [0.29, 0.717) is 6.61 Å². The van der Waals surface area contributed by atoms with Crippen LogP contribution in [-0.4, -0.2) is 27.4 Å². The van der Waals surface area contributed by atoms with E-state index in [0.717, 1.165) is 10.6 Å². The van der Waals surface area contributed by atoms with Crippen LogP contribution in [0.1, 0.15) is 30.5 Å². The van der Waals surface area contributed by atoms with Crippen LogP contribution in [0.5, 0.6) is 0 Å². The van der Waals surface area contributed by atoms with Crippen molar-refractivity contribution in [2.75, 3.05) is 6.61 Å². The molecule has 0 fully saturated rings. The molecule has 0 bridgehead atoms. The van der Waals surface area contributed by atoms with Crippen LogP contribution >= 0.6 is 11.5 Å². The summed E-state index contributed by atoms with van der Waals surface area (Å²) in [7, 11) is 0. The van der Waals surface area contributed by atoms with Crippen molar-refractivity contribution in [3.63, 3.8) is 0 Å². The Balaban J connectivity index is 2.49. The molecule has 0 aromatic carbocycles. The molecule has 0 saturated carbocycles. The van der Waals surface area contributed by atoms with E-state index in [1.807, 2.05) is 20.8 Å². The first-order valence-electron chi connectivity index (χ1n) is 4.19. The Hall–Kier alpha value is -0.520. The average Bonchev–Trinajstić information content (AvgIpc) is 2.47. The van der Waals surface area contributed by atoms with Crippen LogP contribution in [0.3, 0.4) is 0 Å². The van der Waals surface area contributed by atoms with E-state index in [4.69, 9.17) is 4.74 Å². The number of aliphatic hydroxyl groups is 1. The third-order valence-electron chi connectivity index (χ3n) is 1.58. The number of rotatable bonds is 4. The van der Waals surface area contributed by atoms with Crippen LogP contribution in [0, 0.1) is 6.92 Å². The first-order chi connectivity index (χ1) is 6.11. The van der Waals surface area contributed by atoms with Crippen LogP contribution in [0.25, 0.3) is 0 Å². The van der Waals surface area contributed by atoms with Crippen molar-refractivity contribution in [1.29, 1.82) is 0 Å². The molecule has 0 amide bonds. The van der Waals surface area contributed by atoms with Crippen molar-refractivity contribution in [3.8, 4) is 0 Å². The normalized spacial score (nSPS) is 13.6. The highest BCUT2D eigenvalue weighted by Crippen LogP contribution is 2.19.